The fourth-order valence-corrected chi connectivity index (χ4v) is 3.45. The van der Waals surface area contributed by atoms with Gasteiger partial charge in [-0.2, -0.15) is 13.2 Å². The molecule has 1 atom stereocenters. The summed E-state index contributed by atoms with van der Waals surface area (Å²) in [5.41, 5.74) is 0.468. The number of carbonyl (C=O) groups is 2. The summed E-state index contributed by atoms with van der Waals surface area (Å²) in [4.78, 5) is 35.7. The SMILES string of the molecule is CNC(=O)C1CN(c2ccc3c(c2)sc(=O)n3CC(F)(F)F)C(=O)O1. The molecule has 2 amide bonds. The van der Waals surface area contributed by atoms with Crippen molar-refractivity contribution >= 4 is 39.2 Å². The number of aromatic nitrogens is 1. The first kappa shape index (κ1) is 17.3. The molecule has 0 aliphatic carbocycles. The molecule has 1 aliphatic heterocycles. The quantitative estimate of drug-likeness (QED) is 0.886. The number of hydrogen-bond acceptors (Lipinski definition) is 5. The fraction of sp³-hybridized carbons (Fsp3) is 0.357. The van der Waals surface area contributed by atoms with Crippen LogP contribution in [0.3, 0.4) is 0 Å². The normalized spacial score (nSPS) is 17.8. The van der Waals surface area contributed by atoms with Crippen LogP contribution in [0.2, 0.25) is 0 Å². The predicted octanol–water partition coefficient (Wildman–Crippen LogP) is 1.70. The number of cyclic esters (lactones) is 1. The number of nitrogens with one attached hydrogen (secondary N) is 1. The summed E-state index contributed by atoms with van der Waals surface area (Å²) in [6.07, 6.45) is -6.23. The van der Waals surface area contributed by atoms with Gasteiger partial charge in [-0.05, 0) is 18.2 Å². The molecule has 1 fully saturated rings. The lowest BCUT2D eigenvalue weighted by atomic mass is 10.2. The Kier molecular flexibility index (Phi) is 4.19. The summed E-state index contributed by atoms with van der Waals surface area (Å²) in [5, 5.41) is 2.37. The number of thiazole rings is 1. The van der Waals surface area contributed by atoms with E-state index in [-0.39, 0.29) is 12.1 Å². The molecule has 3 rings (SSSR count). The molecule has 134 valence electrons. The summed E-state index contributed by atoms with van der Waals surface area (Å²) in [6.45, 7) is -1.40. The van der Waals surface area contributed by atoms with Crippen LogP contribution in [0, 0.1) is 0 Å². The summed E-state index contributed by atoms with van der Waals surface area (Å²) in [7, 11) is 1.41. The third kappa shape index (κ3) is 3.31. The van der Waals surface area contributed by atoms with Crippen molar-refractivity contribution in [2.75, 3.05) is 18.5 Å². The van der Waals surface area contributed by atoms with Gasteiger partial charge in [-0.25, -0.2) is 4.79 Å². The van der Waals surface area contributed by atoms with E-state index in [1.54, 1.807) is 0 Å². The van der Waals surface area contributed by atoms with E-state index in [1.165, 1.54) is 30.1 Å². The van der Waals surface area contributed by atoms with Crippen molar-refractivity contribution < 1.29 is 27.5 Å². The second kappa shape index (κ2) is 6.06. The number of ether oxygens (including phenoxy) is 1. The number of halogens is 3. The standard InChI is InChI=1S/C14H12F3N3O4S/c1-18-11(21)9-5-19(12(22)24-9)7-2-3-8-10(4-7)25-13(23)20(8)6-14(15,16)17/h2-4,9H,5-6H2,1H3,(H,18,21). The van der Waals surface area contributed by atoms with Gasteiger partial charge >= 0.3 is 17.1 Å². The first-order valence-corrected chi connectivity index (χ1v) is 7.91. The minimum Gasteiger partial charge on any atom is -0.434 e. The molecule has 11 heteroatoms. The number of likely N-dealkylation sites (N-methyl/N-ethyl adjacent to an activating group) is 1. The van der Waals surface area contributed by atoms with Crippen molar-refractivity contribution in [3.8, 4) is 0 Å². The summed E-state index contributed by atoms with van der Waals surface area (Å²) >= 11 is 0.655. The van der Waals surface area contributed by atoms with Crippen molar-refractivity contribution in [3.05, 3.63) is 27.9 Å². The van der Waals surface area contributed by atoms with Crippen LogP contribution in [0.25, 0.3) is 10.2 Å². The molecular weight excluding hydrogens is 363 g/mol. The van der Waals surface area contributed by atoms with Gasteiger partial charge in [-0.3, -0.25) is 19.1 Å². The maximum absolute atomic E-state index is 12.6. The lowest BCUT2D eigenvalue weighted by Crippen LogP contribution is -2.35. The van der Waals surface area contributed by atoms with Gasteiger partial charge in [0.25, 0.3) is 5.91 Å². The molecule has 1 N–H and O–H groups in total. The van der Waals surface area contributed by atoms with E-state index in [0.717, 1.165) is 0 Å². The van der Waals surface area contributed by atoms with E-state index in [2.05, 4.69) is 5.32 Å². The maximum Gasteiger partial charge on any atom is 0.415 e. The van der Waals surface area contributed by atoms with Crippen molar-refractivity contribution in [1.29, 1.82) is 0 Å². The molecule has 25 heavy (non-hydrogen) atoms. The Hall–Kier alpha value is -2.56. The molecule has 2 heterocycles. The largest absolute Gasteiger partial charge is 0.434 e. The number of carbonyl (C=O) groups excluding carboxylic acids is 2. The second-order valence-corrected chi connectivity index (χ2v) is 6.31. The molecule has 0 radical (unpaired) electrons. The first-order chi connectivity index (χ1) is 11.7. The highest BCUT2D eigenvalue weighted by molar-refractivity contribution is 7.16. The first-order valence-electron chi connectivity index (χ1n) is 7.09. The van der Waals surface area contributed by atoms with E-state index < -0.39 is 35.7 Å². The zero-order valence-corrected chi connectivity index (χ0v) is 13.6. The molecule has 2 aromatic rings. The van der Waals surface area contributed by atoms with Crippen molar-refractivity contribution in [2.24, 2.45) is 0 Å². The number of amides is 2. The molecule has 1 aromatic heterocycles. The molecule has 1 aliphatic rings. The van der Waals surface area contributed by atoms with Crippen LogP contribution in [-0.4, -0.2) is 42.4 Å². The topological polar surface area (TPSA) is 80.6 Å². The van der Waals surface area contributed by atoms with Crippen LogP contribution in [0.5, 0.6) is 0 Å². The summed E-state index contributed by atoms with van der Waals surface area (Å²) < 4.78 is 43.7. The zero-order chi connectivity index (χ0) is 18.4. The molecule has 0 spiro atoms. The molecule has 1 unspecified atom stereocenters. The Bertz CT molecular complexity index is 905. The van der Waals surface area contributed by atoms with Crippen molar-refractivity contribution in [1.82, 2.24) is 9.88 Å². The van der Waals surface area contributed by atoms with E-state index in [9.17, 15) is 27.6 Å². The second-order valence-electron chi connectivity index (χ2n) is 5.32. The minimum atomic E-state index is -4.52. The molecule has 0 bridgehead atoms. The van der Waals surface area contributed by atoms with Crippen molar-refractivity contribution in [3.63, 3.8) is 0 Å². The Morgan fingerprint density at radius 3 is 2.76 bits per heavy atom. The highest BCUT2D eigenvalue weighted by atomic mass is 32.1. The lowest BCUT2D eigenvalue weighted by molar-refractivity contribution is -0.140. The molecular formula is C14H12F3N3O4S. The number of alkyl halides is 3. The van der Waals surface area contributed by atoms with Gasteiger partial charge in [0.2, 0.25) is 0 Å². The van der Waals surface area contributed by atoms with Gasteiger partial charge in [0.05, 0.1) is 16.8 Å². The van der Waals surface area contributed by atoms with Gasteiger partial charge < -0.3 is 10.1 Å². The van der Waals surface area contributed by atoms with Crippen molar-refractivity contribution in [2.45, 2.75) is 18.8 Å². The highest BCUT2D eigenvalue weighted by Crippen LogP contribution is 2.29. The van der Waals surface area contributed by atoms with E-state index in [1.807, 2.05) is 0 Å². The average Bonchev–Trinajstić information content (AvgIpc) is 3.05. The Labute approximate surface area is 142 Å². The Morgan fingerprint density at radius 2 is 2.12 bits per heavy atom. The third-order valence-corrected chi connectivity index (χ3v) is 4.59. The Morgan fingerprint density at radius 1 is 1.40 bits per heavy atom. The van der Waals surface area contributed by atoms with Crippen LogP contribution in [-0.2, 0) is 16.1 Å². The van der Waals surface area contributed by atoms with Gasteiger partial charge in [0.1, 0.15) is 6.54 Å². The number of benzene rings is 1. The molecule has 7 nitrogen and oxygen atoms in total. The highest BCUT2D eigenvalue weighted by Gasteiger charge is 2.37. The predicted molar refractivity (Wildman–Crippen MR) is 83.8 cm³/mol. The van der Waals surface area contributed by atoms with Crippen LogP contribution in [0.15, 0.2) is 23.0 Å². The van der Waals surface area contributed by atoms with E-state index in [0.29, 0.717) is 26.3 Å². The van der Waals surface area contributed by atoms with Gasteiger partial charge in [-0.15, -0.1) is 0 Å². The Balaban J connectivity index is 1.94. The lowest BCUT2D eigenvalue weighted by Gasteiger charge is -2.13. The van der Waals surface area contributed by atoms with Crippen LogP contribution in [0.4, 0.5) is 23.7 Å². The number of nitrogens with zero attached hydrogens (tertiary/aromatic N) is 2. The van der Waals surface area contributed by atoms with Gasteiger partial charge in [-0.1, -0.05) is 11.3 Å². The third-order valence-electron chi connectivity index (χ3n) is 3.65. The smallest absolute Gasteiger partial charge is 0.415 e. The molecule has 0 saturated carbocycles. The monoisotopic (exact) mass is 375 g/mol. The van der Waals surface area contributed by atoms with Gasteiger partial charge in [0.15, 0.2) is 6.10 Å². The number of fused-ring (bicyclic) bond motifs is 1. The van der Waals surface area contributed by atoms with Crippen LogP contribution in [0.1, 0.15) is 0 Å². The van der Waals surface area contributed by atoms with E-state index in [4.69, 9.17) is 4.74 Å². The summed E-state index contributed by atoms with van der Waals surface area (Å²) in [6, 6.07) is 4.19. The molecule has 1 aromatic carbocycles. The zero-order valence-electron chi connectivity index (χ0n) is 12.8. The van der Waals surface area contributed by atoms with Crippen LogP contribution < -0.4 is 15.1 Å². The number of anilines is 1. The number of rotatable bonds is 3. The van der Waals surface area contributed by atoms with E-state index >= 15 is 0 Å². The summed E-state index contributed by atoms with van der Waals surface area (Å²) in [5.74, 6) is -0.460. The maximum atomic E-state index is 12.6. The number of hydrogen-bond donors (Lipinski definition) is 1. The van der Waals surface area contributed by atoms with Gasteiger partial charge in [0, 0.05) is 12.7 Å². The van der Waals surface area contributed by atoms with Crippen LogP contribution >= 0.6 is 11.3 Å². The fourth-order valence-electron chi connectivity index (χ4n) is 2.52. The molecule has 1 saturated heterocycles. The minimum absolute atomic E-state index is 0.0256. The average molecular weight is 375 g/mol.